The van der Waals surface area contributed by atoms with Crippen LogP contribution in [0.2, 0.25) is 0 Å². The summed E-state index contributed by atoms with van der Waals surface area (Å²) < 4.78 is 5.46. The van der Waals surface area contributed by atoms with Gasteiger partial charge in [-0.05, 0) is 52.2 Å². The van der Waals surface area contributed by atoms with Gasteiger partial charge in [0, 0.05) is 25.3 Å². The van der Waals surface area contributed by atoms with Crippen molar-refractivity contribution < 1.29 is 9.53 Å². The molecule has 0 spiro atoms. The molecule has 0 unspecified atom stereocenters. The molecule has 1 aromatic heterocycles. The Hall–Kier alpha value is -2.71. The number of hydrogen-bond acceptors (Lipinski definition) is 7. The van der Waals surface area contributed by atoms with Gasteiger partial charge in [-0.15, -0.1) is 0 Å². The summed E-state index contributed by atoms with van der Waals surface area (Å²) in [7, 11) is 4.03. The quantitative estimate of drug-likeness (QED) is 0.659. The van der Waals surface area contributed by atoms with Crippen LogP contribution in [-0.4, -0.2) is 74.3 Å². The first-order valence-corrected chi connectivity index (χ1v) is 10.0. The van der Waals surface area contributed by atoms with Gasteiger partial charge in [0.1, 0.15) is 5.69 Å². The summed E-state index contributed by atoms with van der Waals surface area (Å²) in [6, 6.07) is 9.76. The number of nitrogens with zero attached hydrogens (tertiary/aromatic N) is 4. The van der Waals surface area contributed by atoms with Gasteiger partial charge in [0.15, 0.2) is 0 Å². The summed E-state index contributed by atoms with van der Waals surface area (Å²) in [6.45, 7) is 6.52. The molecule has 0 aliphatic carbocycles. The number of anilines is 3. The fraction of sp³-hybridized carbons (Fsp3) is 0.476. The highest BCUT2D eigenvalue weighted by Crippen LogP contribution is 2.28. The SMILES string of the molecule is Cc1cc(C(=O)NCCCN(C)C)nc(Nc2ccccc2N2CCOCC2)n1. The Morgan fingerprint density at radius 1 is 1.21 bits per heavy atom. The standard InChI is InChI=1S/C21H30N6O2/c1-16-15-18(20(28)22-9-6-10-26(2)3)25-21(23-16)24-17-7-4-5-8-19(17)27-11-13-29-14-12-27/h4-5,7-8,15H,6,9-14H2,1-3H3,(H,22,28)(H,23,24,25). The molecule has 0 radical (unpaired) electrons. The van der Waals surface area contributed by atoms with E-state index in [1.165, 1.54) is 0 Å². The Morgan fingerprint density at radius 3 is 2.72 bits per heavy atom. The Bertz CT molecular complexity index is 821. The molecule has 156 valence electrons. The largest absolute Gasteiger partial charge is 0.378 e. The van der Waals surface area contributed by atoms with Gasteiger partial charge in [-0.2, -0.15) is 0 Å². The zero-order chi connectivity index (χ0) is 20.6. The topological polar surface area (TPSA) is 82.6 Å². The third kappa shape index (κ3) is 6.13. The zero-order valence-corrected chi connectivity index (χ0v) is 17.4. The number of rotatable bonds is 8. The molecule has 1 aliphatic rings. The molecule has 1 saturated heterocycles. The van der Waals surface area contributed by atoms with Crippen LogP contribution in [0.3, 0.4) is 0 Å². The summed E-state index contributed by atoms with van der Waals surface area (Å²) in [5.41, 5.74) is 3.10. The van der Waals surface area contributed by atoms with E-state index in [0.717, 1.165) is 43.1 Å². The van der Waals surface area contributed by atoms with Crippen LogP contribution in [0.5, 0.6) is 0 Å². The molecule has 1 aliphatic heterocycles. The molecule has 0 saturated carbocycles. The van der Waals surface area contributed by atoms with Gasteiger partial charge in [-0.1, -0.05) is 12.1 Å². The first-order valence-electron chi connectivity index (χ1n) is 10.0. The number of aromatic nitrogens is 2. The monoisotopic (exact) mass is 398 g/mol. The minimum absolute atomic E-state index is 0.182. The number of carbonyl (C=O) groups is 1. The van der Waals surface area contributed by atoms with Crippen LogP contribution in [0.15, 0.2) is 30.3 Å². The summed E-state index contributed by atoms with van der Waals surface area (Å²) >= 11 is 0. The highest BCUT2D eigenvalue weighted by molar-refractivity contribution is 5.92. The molecule has 29 heavy (non-hydrogen) atoms. The second-order valence-electron chi connectivity index (χ2n) is 7.37. The fourth-order valence-electron chi connectivity index (χ4n) is 3.21. The van der Waals surface area contributed by atoms with Crippen LogP contribution < -0.4 is 15.5 Å². The van der Waals surface area contributed by atoms with E-state index in [1.54, 1.807) is 6.07 Å². The number of ether oxygens (including phenoxy) is 1. The van der Waals surface area contributed by atoms with Gasteiger partial charge in [0.05, 0.1) is 24.6 Å². The van der Waals surface area contributed by atoms with Gasteiger partial charge in [-0.3, -0.25) is 4.79 Å². The van der Waals surface area contributed by atoms with E-state index in [0.29, 0.717) is 31.4 Å². The molecule has 0 atom stereocenters. The van der Waals surface area contributed by atoms with Gasteiger partial charge < -0.3 is 25.2 Å². The average Bonchev–Trinajstić information content (AvgIpc) is 2.71. The van der Waals surface area contributed by atoms with Gasteiger partial charge in [0.25, 0.3) is 5.91 Å². The Morgan fingerprint density at radius 2 is 1.97 bits per heavy atom. The average molecular weight is 399 g/mol. The van der Waals surface area contributed by atoms with Crippen LogP contribution in [0, 0.1) is 6.92 Å². The Labute approximate surface area is 172 Å². The van der Waals surface area contributed by atoms with Crippen molar-refractivity contribution in [3.05, 3.63) is 41.7 Å². The lowest BCUT2D eigenvalue weighted by Gasteiger charge is -2.30. The lowest BCUT2D eigenvalue weighted by atomic mass is 10.2. The number of carbonyl (C=O) groups excluding carboxylic acids is 1. The lowest BCUT2D eigenvalue weighted by Crippen LogP contribution is -2.36. The van der Waals surface area contributed by atoms with Gasteiger partial charge in [0.2, 0.25) is 5.95 Å². The highest BCUT2D eigenvalue weighted by Gasteiger charge is 2.16. The first-order chi connectivity index (χ1) is 14.0. The minimum atomic E-state index is -0.182. The third-order valence-electron chi connectivity index (χ3n) is 4.66. The first kappa shape index (κ1) is 21.0. The van der Waals surface area contributed by atoms with Gasteiger partial charge >= 0.3 is 0 Å². The predicted octanol–water partition coefficient (Wildman–Crippen LogP) is 2.05. The van der Waals surface area contributed by atoms with Gasteiger partial charge in [-0.25, -0.2) is 9.97 Å². The van der Waals surface area contributed by atoms with Crippen molar-refractivity contribution in [1.82, 2.24) is 20.2 Å². The molecule has 2 N–H and O–H groups in total. The molecule has 0 bridgehead atoms. The van der Waals surface area contributed by atoms with Crippen LogP contribution in [0.25, 0.3) is 0 Å². The molecule has 3 rings (SSSR count). The fourth-order valence-corrected chi connectivity index (χ4v) is 3.21. The molecule has 1 aromatic carbocycles. The van der Waals surface area contributed by atoms with Crippen molar-refractivity contribution >= 4 is 23.2 Å². The van der Waals surface area contributed by atoms with Crippen LogP contribution in [0.4, 0.5) is 17.3 Å². The van der Waals surface area contributed by atoms with E-state index in [9.17, 15) is 4.79 Å². The lowest BCUT2D eigenvalue weighted by molar-refractivity contribution is 0.0947. The summed E-state index contributed by atoms with van der Waals surface area (Å²) in [5, 5.41) is 6.23. The second-order valence-corrected chi connectivity index (χ2v) is 7.37. The summed E-state index contributed by atoms with van der Waals surface area (Å²) in [4.78, 5) is 25.8. The van der Waals surface area contributed by atoms with Crippen molar-refractivity contribution in [2.75, 3.05) is 63.7 Å². The molecule has 1 amide bonds. The maximum absolute atomic E-state index is 12.5. The molecular formula is C21H30N6O2. The number of amides is 1. The number of benzene rings is 1. The maximum atomic E-state index is 12.5. The maximum Gasteiger partial charge on any atom is 0.270 e. The van der Waals surface area contributed by atoms with Crippen molar-refractivity contribution in [3.8, 4) is 0 Å². The smallest absolute Gasteiger partial charge is 0.270 e. The third-order valence-corrected chi connectivity index (χ3v) is 4.66. The number of nitrogens with one attached hydrogen (secondary N) is 2. The molecule has 2 aromatic rings. The van der Waals surface area contributed by atoms with Crippen LogP contribution in [0.1, 0.15) is 22.6 Å². The molecular weight excluding hydrogens is 368 g/mol. The second kappa shape index (κ2) is 10.2. The number of para-hydroxylation sites is 2. The highest BCUT2D eigenvalue weighted by atomic mass is 16.5. The number of aryl methyl sites for hydroxylation is 1. The Balaban J connectivity index is 1.71. The van der Waals surface area contributed by atoms with E-state index in [4.69, 9.17) is 4.74 Å². The van der Waals surface area contributed by atoms with Crippen molar-refractivity contribution in [2.24, 2.45) is 0 Å². The van der Waals surface area contributed by atoms with Crippen molar-refractivity contribution in [2.45, 2.75) is 13.3 Å². The van der Waals surface area contributed by atoms with E-state index in [-0.39, 0.29) is 5.91 Å². The zero-order valence-electron chi connectivity index (χ0n) is 17.4. The molecule has 1 fully saturated rings. The minimum Gasteiger partial charge on any atom is -0.378 e. The van der Waals surface area contributed by atoms with Crippen LogP contribution in [-0.2, 0) is 4.74 Å². The molecule has 2 heterocycles. The number of morpholine rings is 1. The number of hydrogen-bond donors (Lipinski definition) is 2. The molecule has 8 heteroatoms. The normalized spacial score (nSPS) is 14.1. The van der Waals surface area contributed by atoms with E-state index in [2.05, 4.69) is 36.5 Å². The van der Waals surface area contributed by atoms with E-state index < -0.39 is 0 Å². The summed E-state index contributed by atoms with van der Waals surface area (Å²) in [5.74, 6) is 0.239. The van der Waals surface area contributed by atoms with E-state index >= 15 is 0 Å². The summed E-state index contributed by atoms with van der Waals surface area (Å²) in [6.07, 6.45) is 0.890. The van der Waals surface area contributed by atoms with Crippen molar-refractivity contribution in [3.63, 3.8) is 0 Å². The van der Waals surface area contributed by atoms with E-state index in [1.807, 2.05) is 39.2 Å². The predicted molar refractivity (Wildman–Crippen MR) is 115 cm³/mol. The van der Waals surface area contributed by atoms with Crippen LogP contribution >= 0.6 is 0 Å². The van der Waals surface area contributed by atoms with Crippen molar-refractivity contribution in [1.29, 1.82) is 0 Å². The Kier molecular flexibility index (Phi) is 7.37. The molecule has 8 nitrogen and oxygen atoms in total.